The zero-order valence-electron chi connectivity index (χ0n) is 17.2. The Labute approximate surface area is 183 Å². The number of hydroxylamine groups is 2. The molecule has 2 unspecified atom stereocenters. The Balaban J connectivity index is 1.67. The van der Waals surface area contributed by atoms with Gasteiger partial charge >= 0.3 is 12.1 Å². The van der Waals surface area contributed by atoms with Crippen molar-refractivity contribution in [2.24, 2.45) is 4.99 Å². The van der Waals surface area contributed by atoms with Crippen LogP contribution in [0.2, 0.25) is 0 Å². The molecule has 6 nitrogen and oxygen atoms in total. The van der Waals surface area contributed by atoms with Gasteiger partial charge in [-0.2, -0.15) is 18.2 Å². The Hall–Kier alpha value is -2.91. The van der Waals surface area contributed by atoms with Crippen molar-refractivity contribution in [2.75, 3.05) is 19.8 Å². The molecule has 170 valence electrons. The monoisotopic (exact) mass is 448 g/mol. The first-order chi connectivity index (χ1) is 15.4. The summed E-state index contributed by atoms with van der Waals surface area (Å²) < 4.78 is 50.4. The van der Waals surface area contributed by atoms with Crippen LogP contribution in [0.4, 0.5) is 13.2 Å². The van der Waals surface area contributed by atoms with Crippen molar-refractivity contribution in [3.8, 4) is 0 Å². The van der Waals surface area contributed by atoms with Gasteiger partial charge in [0.2, 0.25) is 0 Å². The molecule has 2 aliphatic heterocycles. The fourth-order valence-corrected chi connectivity index (χ4v) is 3.84. The molecule has 0 N–H and O–H groups in total. The van der Waals surface area contributed by atoms with Crippen LogP contribution in [-0.4, -0.2) is 49.0 Å². The van der Waals surface area contributed by atoms with Crippen LogP contribution < -0.4 is 0 Å². The number of halogens is 3. The molecular weight excluding hydrogens is 425 g/mol. The van der Waals surface area contributed by atoms with Crippen LogP contribution in [0.15, 0.2) is 65.7 Å². The SMILES string of the molecule is O=C(ON1C(COC2CCOCC2)=NC(c2ccccc2)C1c1ccccc1)C(F)(F)F. The Bertz CT molecular complexity index is 931. The summed E-state index contributed by atoms with van der Waals surface area (Å²) in [6, 6.07) is 16.7. The molecule has 1 saturated heterocycles. The Morgan fingerprint density at radius 1 is 1.00 bits per heavy atom. The van der Waals surface area contributed by atoms with E-state index in [9.17, 15) is 18.0 Å². The average Bonchev–Trinajstić information content (AvgIpc) is 3.17. The number of alkyl halides is 3. The lowest BCUT2D eigenvalue weighted by Gasteiger charge is -2.30. The minimum Gasteiger partial charge on any atom is -0.381 e. The summed E-state index contributed by atoms with van der Waals surface area (Å²) in [6.07, 6.45) is -3.88. The number of carbonyl (C=O) groups excluding carboxylic acids is 1. The fraction of sp³-hybridized carbons (Fsp3) is 0.391. The van der Waals surface area contributed by atoms with E-state index in [0.717, 1.165) is 10.6 Å². The van der Waals surface area contributed by atoms with Crippen molar-refractivity contribution >= 4 is 11.8 Å². The third kappa shape index (κ3) is 5.11. The Kier molecular flexibility index (Phi) is 6.76. The third-order valence-electron chi connectivity index (χ3n) is 5.41. The number of rotatable bonds is 6. The van der Waals surface area contributed by atoms with E-state index >= 15 is 0 Å². The number of hydrogen-bond acceptors (Lipinski definition) is 6. The number of nitrogens with zero attached hydrogens (tertiary/aromatic N) is 2. The zero-order chi connectivity index (χ0) is 22.6. The maximum Gasteiger partial charge on any atom is 0.493 e. The number of carbonyl (C=O) groups is 1. The van der Waals surface area contributed by atoms with E-state index in [0.29, 0.717) is 31.6 Å². The maximum absolute atomic E-state index is 13.1. The van der Waals surface area contributed by atoms with E-state index in [1.165, 1.54) is 0 Å². The van der Waals surface area contributed by atoms with Crippen LogP contribution in [0.3, 0.4) is 0 Å². The first-order valence-electron chi connectivity index (χ1n) is 10.4. The molecule has 0 aromatic heterocycles. The topological polar surface area (TPSA) is 60.4 Å². The van der Waals surface area contributed by atoms with Gasteiger partial charge in [0, 0.05) is 13.2 Å². The highest BCUT2D eigenvalue weighted by molar-refractivity contribution is 5.87. The standard InChI is InChI=1S/C23H23F3N2O4/c24-23(25,26)22(29)32-28-19(15-31-18-11-13-30-14-12-18)27-20(16-7-3-1-4-8-16)21(28)17-9-5-2-6-10-17/h1-10,18,20-21H,11-15H2. The summed E-state index contributed by atoms with van der Waals surface area (Å²) in [6.45, 7) is 1.04. The van der Waals surface area contributed by atoms with E-state index < -0.39 is 24.2 Å². The lowest BCUT2D eigenvalue weighted by atomic mass is 9.95. The number of benzene rings is 2. The van der Waals surface area contributed by atoms with Gasteiger partial charge in [0.15, 0.2) is 5.84 Å². The van der Waals surface area contributed by atoms with Crippen molar-refractivity contribution in [3.05, 3.63) is 71.8 Å². The van der Waals surface area contributed by atoms with Crippen LogP contribution in [-0.2, 0) is 19.1 Å². The van der Waals surface area contributed by atoms with Gasteiger partial charge in [-0.25, -0.2) is 4.79 Å². The number of ether oxygens (including phenoxy) is 2. The molecule has 0 spiro atoms. The molecule has 0 aliphatic carbocycles. The molecule has 0 amide bonds. The van der Waals surface area contributed by atoms with Crippen LogP contribution in [0.5, 0.6) is 0 Å². The van der Waals surface area contributed by atoms with E-state index in [1.807, 2.05) is 30.3 Å². The lowest BCUT2D eigenvalue weighted by molar-refractivity contribution is -0.231. The average molecular weight is 448 g/mol. The van der Waals surface area contributed by atoms with Gasteiger partial charge in [-0.15, -0.1) is 0 Å². The second-order valence-corrected chi connectivity index (χ2v) is 7.58. The molecule has 0 bridgehead atoms. The molecule has 0 saturated carbocycles. The first kappa shape index (κ1) is 22.3. The molecule has 2 aromatic rings. The molecule has 2 heterocycles. The van der Waals surface area contributed by atoms with Crippen molar-refractivity contribution < 1.29 is 32.3 Å². The van der Waals surface area contributed by atoms with Crippen molar-refractivity contribution in [3.63, 3.8) is 0 Å². The van der Waals surface area contributed by atoms with Crippen LogP contribution in [0.1, 0.15) is 36.1 Å². The Morgan fingerprint density at radius 3 is 2.19 bits per heavy atom. The Morgan fingerprint density at radius 2 is 1.59 bits per heavy atom. The van der Waals surface area contributed by atoms with Crippen molar-refractivity contribution in [1.82, 2.24) is 5.06 Å². The van der Waals surface area contributed by atoms with Gasteiger partial charge < -0.3 is 14.3 Å². The van der Waals surface area contributed by atoms with Crippen LogP contribution >= 0.6 is 0 Å². The summed E-state index contributed by atoms with van der Waals surface area (Å²) in [5.41, 5.74) is 1.46. The molecule has 4 rings (SSSR count). The second-order valence-electron chi connectivity index (χ2n) is 7.58. The van der Waals surface area contributed by atoms with Gasteiger partial charge in [-0.1, -0.05) is 60.7 Å². The zero-order valence-corrected chi connectivity index (χ0v) is 17.2. The van der Waals surface area contributed by atoms with Crippen LogP contribution in [0.25, 0.3) is 0 Å². The summed E-state index contributed by atoms with van der Waals surface area (Å²) in [5.74, 6) is -2.16. The molecule has 0 radical (unpaired) electrons. The van der Waals surface area contributed by atoms with E-state index in [1.54, 1.807) is 30.3 Å². The molecular formula is C23H23F3N2O4. The van der Waals surface area contributed by atoms with Gasteiger partial charge in [0.1, 0.15) is 18.7 Å². The summed E-state index contributed by atoms with van der Waals surface area (Å²) in [7, 11) is 0. The lowest BCUT2D eigenvalue weighted by Crippen LogP contribution is -2.41. The van der Waals surface area contributed by atoms with Gasteiger partial charge in [-0.3, -0.25) is 4.99 Å². The van der Waals surface area contributed by atoms with Gasteiger partial charge in [0.25, 0.3) is 0 Å². The quantitative estimate of drug-likeness (QED) is 0.656. The largest absolute Gasteiger partial charge is 0.493 e. The van der Waals surface area contributed by atoms with E-state index in [2.05, 4.69) is 4.99 Å². The first-order valence-corrected chi connectivity index (χ1v) is 10.4. The molecule has 2 aromatic carbocycles. The summed E-state index contributed by atoms with van der Waals surface area (Å²) in [4.78, 5) is 21.3. The fourth-order valence-electron chi connectivity index (χ4n) is 3.84. The molecule has 2 atom stereocenters. The van der Waals surface area contributed by atoms with Crippen molar-refractivity contribution in [1.29, 1.82) is 0 Å². The van der Waals surface area contributed by atoms with E-state index in [4.69, 9.17) is 14.3 Å². The smallest absolute Gasteiger partial charge is 0.381 e. The minimum absolute atomic E-state index is 0.0809. The summed E-state index contributed by atoms with van der Waals surface area (Å²) in [5, 5.41) is 0.960. The predicted octanol–water partition coefficient (Wildman–Crippen LogP) is 4.40. The maximum atomic E-state index is 13.1. The minimum atomic E-state index is -5.14. The molecule has 2 aliphatic rings. The highest BCUT2D eigenvalue weighted by Crippen LogP contribution is 2.43. The number of amidine groups is 1. The van der Waals surface area contributed by atoms with Crippen molar-refractivity contribution in [2.45, 2.75) is 37.2 Å². The molecule has 1 fully saturated rings. The highest BCUT2D eigenvalue weighted by atomic mass is 19.4. The van der Waals surface area contributed by atoms with Gasteiger partial charge in [0.05, 0.1) is 6.10 Å². The predicted molar refractivity (Wildman–Crippen MR) is 110 cm³/mol. The third-order valence-corrected chi connectivity index (χ3v) is 5.41. The van der Waals surface area contributed by atoms with E-state index in [-0.39, 0.29) is 18.5 Å². The molecule has 9 heteroatoms. The number of hydrogen-bond donors (Lipinski definition) is 0. The van der Waals surface area contributed by atoms with Gasteiger partial charge in [-0.05, 0) is 24.0 Å². The summed E-state index contributed by atoms with van der Waals surface area (Å²) >= 11 is 0. The van der Waals surface area contributed by atoms with Crippen LogP contribution in [0, 0.1) is 0 Å². The highest BCUT2D eigenvalue weighted by Gasteiger charge is 2.47. The number of aliphatic imine (C=N–C) groups is 1. The molecule has 32 heavy (non-hydrogen) atoms. The normalized spacial score (nSPS) is 22.0. The second kappa shape index (κ2) is 9.70.